The van der Waals surface area contributed by atoms with Gasteiger partial charge in [0.1, 0.15) is 6.04 Å². The van der Waals surface area contributed by atoms with Gasteiger partial charge in [0.05, 0.1) is 0 Å². The van der Waals surface area contributed by atoms with E-state index in [0.717, 1.165) is 21.3 Å². The molecular weight excluding hydrogens is 460 g/mol. The van der Waals surface area contributed by atoms with E-state index in [0.29, 0.717) is 25.1 Å². The Morgan fingerprint density at radius 3 is 2.39 bits per heavy atom. The molecule has 0 bridgehead atoms. The molecule has 1 atom stereocenters. The molecule has 2 aromatic rings. The molecule has 3 rings (SSSR count). The van der Waals surface area contributed by atoms with Crippen LogP contribution in [-0.2, 0) is 22.6 Å². The SMILES string of the molecule is C[C@@H](C(=O)NC(C)(C)C)N(Cc1ccc(Br)cc1)C(=O)CCc1ccc2c(c1)OCO2. The van der Waals surface area contributed by atoms with Crippen LogP contribution in [0.3, 0.4) is 0 Å². The maximum absolute atomic E-state index is 13.2. The van der Waals surface area contributed by atoms with Crippen molar-refractivity contribution < 1.29 is 19.1 Å². The fourth-order valence-electron chi connectivity index (χ4n) is 3.33. The summed E-state index contributed by atoms with van der Waals surface area (Å²) in [4.78, 5) is 27.7. The highest BCUT2D eigenvalue weighted by atomic mass is 79.9. The Morgan fingerprint density at radius 2 is 1.71 bits per heavy atom. The molecule has 0 fully saturated rings. The predicted octanol–water partition coefficient (Wildman–Crippen LogP) is 4.44. The van der Waals surface area contributed by atoms with E-state index in [9.17, 15) is 9.59 Å². The van der Waals surface area contributed by atoms with E-state index < -0.39 is 6.04 Å². The molecule has 0 aliphatic carbocycles. The Hall–Kier alpha value is -2.54. The summed E-state index contributed by atoms with van der Waals surface area (Å²) in [5, 5.41) is 2.98. The fourth-order valence-corrected chi connectivity index (χ4v) is 3.60. The standard InChI is InChI=1S/C24H29BrN2O4/c1-16(23(29)26-24(2,3)4)27(14-18-5-9-19(25)10-6-18)22(28)12-8-17-7-11-20-21(13-17)31-15-30-20/h5-7,9-11,13,16H,8,12,14-15H2,1-4H3,(H,26,29)/t16-/m0/s1. The second kappa shape index (κ2) is 9.73. The topological polar surface area (TPSA) is 67.9 Å². The van der Waals surface area contributed by atoms with E-state index >= 15 is 0 Å². The first-order chi connectivity index (χ1) is 14.6. The van der Waals surface area contributed by atoms with Crippen LogP contribution in [0.15, 0.2) is 46.9 Å². The molecule has 31 heavy (non-hydrogen) atoms. The van der Waals surface area contributed by atoms with Gasteiger partial charge in [-0.15, -0.1) is 0 Å². The molecule has 0 unspecified atom stereocenters. The zero-order valence-electron chi connectivity index (χ0n) is 18.4. The van der Waals surface area contributed by atoms with Crippen molar-refractivity contribution in [2.24, 2.45) is 0 Å². The summed E-state index contributed by atoms with van der Waals surface area (Å²) >= 11 is 3.43. The van der Waals surface area contributed by atoms with Crippen LogP contribution in [0.1, 0.15) is 45.2 Å². The summed E-state index contributed by atoms with van der Waals surface area (Å²) < 4.78 is 11.7. The van der Waals surface area contributed by atoms with E-state index in [1.165, 1.54) is 0 Å². The van der Waals surface area contributed by atoms with Gasteiger partial charge in [-0.2, -0.15) is 0 Å². The van der Waals surface area contributed by atoms with Crippen molar-refractivity contribution in [3.8, 4) is 11.5 Å². The van der Waals surface area contributed by atoms with Crippen molar-refractivity contribution >= 4 is 27.7 Å². The normalized spacial score (nSPS) is 13.6. The lowest BCUT2D eigenvalue weighted by molar-refractivity contribution is -0.141. The summed E-state index contributed by atoms with van der Waals surface area (Å²) in [6, 6.07) is 12.9. The Kier molecular flexibility index (Phi) is 7.26. The van der Waals surface area contributed by atoms with E-state index in [1.807, 2.05) is 63.2 Å². The maximum Gasteiger partial charge on any atom is 0.242 e. The summed E-state index contributed by atoms with van der Waals surface area (Å²) in [5.41, 5.74) is 1.59. The third-order valence-electron chi connectivity index (χ3n) is 5.00. The number of amides is 2. The third-order valence-corrected chi connectivity index (χ3v) is 5.52. The third kappa shape index (κ3) is 6.47. The summed E-state index contributed by atoms with van der Waals surface area (Å²) in [5.74, 6) is 1.19. The number of halogens is 1. The molecule has 0 radical (unpaired) electrons. The average Bonchev–Trinajstić information content (AvgIpc) is 3.17. The van der Waals surface area contributed by atoms with Crippen LogP contribution in [0.5, 0.6) is 11.5 Å². The van der Waals surface area contributed by atoms with Crippen LogP contribution in [0.4, 0.5) is 0 Å². The number of nitrogens with one attached hydrogen (secondary N) is 1. The molecule has 2 aromatic carbocycles. The number of aryl methyl sites for hydroxylation is 1. The maximum atomic E-state index is 13.2. The molecule has 1 heterocycles. The van der Waals surface area contributed by atoms with Crippen LogP contribution in [0, 0.1) is 0 Å². The molecule has 1 aliphatic rings. The van der Waals surface area contributed by atoms with Crippen molar-refractivity contribution in [2.75, 3.05) is 6.79 Å². The molecule has 0 spiro atoms. The minimum atomic E-state index is -0.591. The van der Waals surface area contributed by atoms with Gasteiger partial charge in [0.15, 0.2) is 11.5 Å². The van der Waals surface area contributed by atoms with Gasteiger partial charge in [-0.05, 0) is 69.5 Å². The smallest absolute Gasteiger partial charge is 0.242 e. The summed E-state index contributed by atoms with van der Waals surface area (Å²) in [6.07, 6.45) is 0.850. The van der Waals surface area contributed by atoms with Crippen LogP contribution >= 0.6 is 15.9 Å². The van der Waals surface area contributed by atoms with Crippen LogP contribution in [0.25, 0.3) is 0 Å². The van der Waals surface area contributed by atoms with Crippen LogP contribution < -0.4 is 14.8 Å². The lowest BCUT2D eigenvalue weighted by atomic mass is 10.1. The molecule has 0 saturated heterocycles. The average molecular weight is 489 g/mol. The van der Waals surface area contributed by atoms with Crippen molar-refractivity contribution in [1.82, 2.24) is 10.2 Å². The van der Waals surface area contributed by atoms with Gasteiger partial charge in [-0.25, -0.2) is 0 Å². The van der Waals surface area contributed by atoms with Crippen molar-refractivity contribution in [3.63, 3.8) is 0 Å². The summed E-state index contributed by atoms with van der Waals surface area (Å²) in [6.45, 7) is 8.15. The minimum absolute atomic E-state index is 0.0721. The van der Waals surface area contributed by atoms with Crippen molar-refractivity contribution in [2.45, 2.75) is 58.7 Å². The Balaban J connectivity index is 1.72. The van der Waals surface area contributed by atoms with Gasteiger partial charge < -0.3 is 19.7 Å². The number of hydrogen-bond donors (Lipinski definition) is 1. The molecule has 1 aliphatic heterocycles. The zero-order chi connectivity index (χ0) is 22.6. The molecule has 0 aromatic heterocycles. The minimum Gasteiger partial charge on any atom is -0.454 e. The number of ether oxygens (including phenoxy) is 2. The molecular formula is C24H29BrN2O4. The van der Waals surface area contributed by atoms with Gasteiger partial charge in [-0.3, -0.25) is 9.59 Å². The van der Waals surface area contributed by atoms with Gasteiger partial charge in [0.25, 0.3) is 0 Å². The fraction of sp³-hybridized carbons (Fsp3) is 0.417. The number of fused-ring (bicyclic) bond motifs is 1. The van der Waals surface area contributed by atoms with Gasteiger partial charge in [-0.1, -0.05) is 34.1 Å². The highest BCUT2D eigenvalue weighted by Crippen LogP contribution is 2.32. The lowest BCUT2D eigenvalue weighted by Gasteiger charge is -2.31. The molecule has 6 nitrogen and oxygen atoms in total. The number of rotatable bonds is 7. The van der Waals surface area contributed by atoms with Gasteiger partial charge in [0, 0.05) is 23.0 Å². The zero-order valence-corrected chi connectivity index (χ0v) is 20.0. The first-order valence-electron chi connectivity index (χ1n) is 10.4. The Morgan fingerprint density at radius 1 is 1.06 bits per heavy atom. The van der Waals surface area contributed by atoms with E-state index in [2.05, 4.69) is 21.2 Å². The van der Waals surface area contributed by atoms with Crippen molar-refractivity contribution in [1.29, 1.82) is 0 Å². The Labute approximate surface area is 192 Å². The van der Waals surface area contributed by atoms with Crippen molar-refractivity contribution in [3.05, 3.63) is 58.1 Å². The first-order valence-corrected chi connectivity index (χ1v) is 11.2. The molecule has 1 N–H and O–H groups in total. The van der Waals surface area contributed by atoms with Crippen LogP contribution in [-0.4, -0.2) is 35.1 Å². The van der Waals surface area contributed by atoms with Crippen LogP contribution in [0.2, 0.25) is 0 Å². The molecule has 2 amide bonds. The lowest BCUT2D eigenvalue weighted by Crippen LogP contribution is -2.52. The molecule has 7 heteroatoms. The molecule has 0 saturated carbocycles. The number of carbonyl (C=O) groups excluding carboxylic acids is 2. The number of nitrogens with zero attached hydrogens (tertiary/aromatic N) is 1. The van der Waals surface area contributed by atoms with Gasteiger partial charge >= 0.3 is 0 Å². The quantitative estimate of drug-likeness (QED) is 0.625. The first kappa shape index (κ1) is 23.1. The van der Waals surface area contributed by atoms with E-state index in [-0.39, 0.29) is 24.1 Å². The number of benzene rings is 2. The number of carbonyl (C=O) groups is 2. The van der Waals surface area contributed by atoms with Gasteiger partial charge in [0.2, 0.25) is 18.6 Å². The highest BCUT2D eigenvalue weighted by Gasteiger charge is 2.28. The highest BCUT2D eigenvalue weighted by molar-refractivity contribution is 9.10. The predicted molar refractivity (Wildman–Crippen MR) is 123 cm³/mol. The second-order valence-electron chi connectivity index (χ2n) is 8.75. The number of hydrogen-bond acceptors (Lipinski definition) is 4. The molecule has 166 valence electrons. The monoisotopic (exact) mass is 488 g/mol. The second-order valence-corrected chi connectivity index (χ2v) is 9.67. The largest absolute Gasteiger partial charge is 0.454 e. The van der Waals surface area contributed by atoms with E-state index in [4.69, 9.17) is 9.47 Å². The Bertz CT molecular complexity index is 938. The summed E-state index contributed by atoms with van der Waals surface area (Å²) in [7, 11) is 0. The van der Waals surface area contributed by atoms with E-state index in [1.54, 1.807) is 11.8 Å².